The SMILES string of the molecule is CCOC(=O)CCNCC(O)COC(C)(C)C. The molecule has 0 saturated carbocycles. The highest BCUT2D eigenvalue weighted by atomic mass is 16.5. The Morgan fingerprint density at radius 3 is 2.59 bits per heavy atom. The average Bonchev–Trinajstić information content (AvgIpc) is 2.21. The summed E-state index contributed by atoms with van der Waals surface area (Å²) in [4.78, 5) is 11.0. The zero-order valence-corrected chi connectivity index (χ0v) is 11.3. The van der Waals surface area contributed by atoms with Crippen LogP contribution in [0.4, 0.5) is 0 Å². The Morgan fingerprint density at radius 2 is 2.06 bits per heavy atom. The van der Waals surface area contributed by atoms with Crippen molar-refractivity contribution in [3.63, 3.8) is 0 Å². The molecular weight excluding hydrogens is 222 g/mol. The van der Waals surface area contributed by atoms with E-state index in [1.54, 1.807) is 6.92 Å². The number of nitrogens with one attached hydrogen (secondary N) is 1. The van der Waals surface area contributed by atoms with Crippen LogP contribution in [0.25, 0.3) is 0 Å². The van der Waals surface area contributed by atoms with Gasteiger partial charge in [-0.25, -0.2) is 0 Å². The minimum Gasteiger partial charge on any atom is -0.466 e. The van der Waals surface area contributed by atoms with Gasteiger partial charge >= 0.3 is 5.97 Å². The van der Waals surface area contributed by atoms with E-state index in [1.807, 2.05) is 20.8 Å². The molecule has 0 fully saturated rings. The summed E-state index contributed by atoms with van der Waals surface area (Å²) in [5.74, 6) is -0.222. The number of esters is 1. The van der Waals surface area contributed by atoms with Crippen molar-refractivity contribution < 1.29 is 19.4 Å². The highest BCUT2D eigenvalue weighted by molar-refractivity contribution is 5.69. The number of carbonyl (C=O) groups is 1. The van der Waals surface area contributed by atoms with Crippen molar-refractivity contribution in [2.24, 2.45) is 0 Å². The van der Waals surface area contributed by atoms with Crippen LogP contribution in [-0.4, -0.2) is 49.1 Å². The zero-order valence-electron chi connectivity index (χ0n) is 11.3. The third-order valence-electron chi connectivity index (χ3n) is 1.90. The van der Waals surface area contributed by atoms with E-state index in [2.05, 4.69) is 5.32 Å². The molecule has 0 rings (SSSR count). The monoisotopic (exact) mass is 247 g/mol. The Hall–Kier alpha value is -0.650. The summed E-state index contributed by atoms with van der Waals surface area (Å²) in [6, 6.07) is 0. The molecule has 0 aliphatic carbocycles. The quantitative estimate of drug-likeness (QED) is 0.488. The number of rotatable bonds is 8. The van der Waals surface area contributed by atoms with E-state index in [4.69, 9.17) is 9.47 Å². The first kappa shape index (κ1) is 16.4. The standard InChI is InChI=1S/C12H25NO4/c1-5-16-11(15)6-7-13-8-10(14)9-17-12(2,3)4/h10,13-14H,5-9H2,1-4H3. The Labute approximate surface area is 103 Å². The van der Waals surface area contributed by atoms with Crippen LogP contribution in [0.1, 0.15) is 34.1 Å². The molecule has 102 valence electrons. The van der Waals surface area contributed by atoms with Gasteiger partial charge in [0.05, 0.1) is 31.3 Å². The van der Waals surface area contributed by atoms with E-state index in [9.17, 15) is 9.90 Å². The van der Waals surface area contributed by atoms with E-state index in [1.165, 1.54) is 0 Å². The van der Waals surface area contributed by atoms with Crippen molar-refractivity contribution in [3.05, 3.63) is 0 Å². The predicted octanol–water partition coefficient (Wildman–Crippen LogP) is 0.705. The molecule has 0 bridgehead atoms. The number of aliphatic hydroxyl groups is 1. The molecular formula is C12H25NO4. The highest BCUT2D eigenvalue weighted by Crippen LogP contribution is 2.06. The van der Waals surface area contributed by atoms with Gasteiger partial charge in [-0.05, 0) is 27.7 Å². The summed E-state index contributed by atoms with van der Waals surface area (Å²) < 4.78 is 10.2. The average molecular weight is 247 g/mol. The minimum atomic E-state index is -0.559. The molecule has 0 aromatic rings. The van der Waals surface area contributed by atoms with Crippen LogP contribution >= 0.6 is 0 Å². The molecule has 0 heterocycles. The van der Waals surface area contributed by atoms with E-state index in [0.717, 1.165) is 0 Å². The van der Waals surface area contributed by atoms with Gasteiger partial charge in [-0.1, -0.05) is 0 Å². The minimum absolute atomic E-state index is 0.222. The normalized spacial score (nSPS) is 13.5. The molecule has 0 amide bonds. The lowest BCUT2D eigenvalue weighted by atomic mass is 10.2. The van der Waals surface area contributed by atoms with E-state index >= 15 is 0 Å². The third-order valence-corrected chi connectivity index (χ3v) is 1.90. The van der Waals surface area contributed by atoms with Crippen LogP contribution in [0.2, 0.25) is 0 Å². The molecule has 0 saturated heterocycles. The van der Waals surface area contributed by atoms with Crippen molar-refractivity contribution in [2.45, 2.75) is 45.8 Å². The summed E-state index contributed by atoms with van der Waals surface area (Å²) in [7, 11) is 0. The van der Waals surface area contributed by atoms with Gasteiger partial charge in [0.1, 0.15) is 0 Å². The Balaban J connectivity index is 3.45. The second-order valence-electron chi connectivity index (χ2n) is 4.84. The second-order valence-corrected chi connectivity index (χ2v) is 4.84. The van der Waals surface area contributed by atoms with Crippen molar-refractivity contribution in [3.8, 4) is 0 Å². The lowest BCUT2D eigenvalue weighted by molar-refractivity contribution is -0.143. The summed E-state index contributed by atoms with van der Waals surface area (Å²) in [5.41, 5.74) is -0.244. The second kappa shape index (κ2) is 8.44. The van der Waals surface area contributed by atoms with Crippen LogP contribution in [-0.2, 0) is 14.3 Å². The lowest BCUT2D eigenvalue weighted by Crippen LogP contribution is -2.34. The Bertz CT molecular complexity index is 213. The van der Waals surface area contributed by atoms with Crippen molar-refractivity contribution >= 4 is 5.97 Å². The fourth-order valence-corrected chi connectivity index (χ4v) is 1.10. The topological polar surface area (TPSA) is 67.8 Å². The largest absolute Gasteiger partial charge is 0.466 e. The number of aliphatic hydroxyl groups excluding tert-OH is 1. The smallest absolute Gasteiger partial charge is 0.307 e. The lowest BCUT2D eigenvalue weighted by Gasteiger charge is -2.22. The third kappa shape index (κ3) is 11.6. The van der Waals surface area contributed by atoms with Crippen LogP contribution in [0, 0.1) is 0 Å². The van der Waals surface area contributed by atoms with E-state index < -0.39 is 6.10 Å². The van der Waals surface area contributed by atoms with Gasteiger partial charge in [0.25, 0.3) is 0 Å². The number of hydrogen-bond donors (Lipinski definition) is 2. The maximum Gasteiger partial charge on any atom is 0.307 e. The number of ether oxygens (including phenoxy) is 2. The van der Waals surface area contributed by atoms with Crippen molar-refractivity contribution in [1.82, 2.24) is 5.32 Å². The van der Waals surface area contributed by atoms with E-state index in [0.29, 0.717) is 26.1 Å². The first-order valence-corrected chi connectivity index (χ1v) is 6.03. The van der Waals surface area contributed by atoms with Crippen molar-refractivity contribution in [1.29, 1.82) is 0 Å². The maximum absolute atomic E-state index is 11.0. The predicted molar refractivity (Wildman–Crippen MR) is 65.8 cm³/mol. The first-order valence-electron chi connectivity index (χ1n) is 6.03. The highest BCUT2D eigenvalue weighted by Gasteiger charge is 2.13. The first-order chi connectivity index (χ1) is 7.85. The Kier molecular flexibility index (Phi) is 8.12. The molecule has 0 aromatic carbocycles. The molecule has 0 radical (unpaired) electrons. The summed E-state index contributed by atoms with van der Waals surface area (Å²) in [5, 5.41) is 12.6. The van der Waals surface area contributed by atoms with Crippen LogP contribution in [0.15, 0.2) is 0 Å². The van der Waals surface area contributed by atoms with Gasteiger partial charge in [0.15, 0.2) is 0 Å². The fourth-order valence-electron chi connectivity index (χ4n) is 1.10. The molecule has 0 aliphatic rings. The van der Waals surface area contributed by atoms with Crippen molar-refractivity contribution in [2.75, 3.05) is 26.3 Å². The van der Waals surface area contributed by atoms with Crippen LogP contribution in [0.3, 0.4) is 0 Å². The van der Waals surface area contributed by atoms with Crippen LogP contribution in [0.5, 0.6) is 0 Å². The van der Waals surface area contributed by atoms with E-state index in [-0.39, 0.29) is 18.2 Å². The molecule has 1 atom stereocenters. The van der Waals surface area contributed by atoms with Crippen LogP contribution < -0.4 is 5.32 Å². The molecule has 0 spiro atoms. The molecule has 5 heteroatoms. The molecule has 2 N–H and O–H groups in total. The Morgan fingerprint density at radius 1 is 1.41 bits per heavy atom. The van der Waals surface area contributed by atoms with Gasteiger partial charge in [0, 0.05) is 13.1 Å². The molecule has 0 aliphatic heterocycles. The molecule has 1 unspecified atom stereocenters. The fraction of sp³-hybridized carbons (Fsp3) is 0.917. The van der Waals surface area contributed by atoms with Gasteiger partial charge < -0.3 is 19.9 Å². The summed E-state index contributed by atoms with van der Waals surface area (Å²) in [6.45, 7) is 9.20. The number of carbonyl (C=O) groups excluding carboxylic acids is 1. The van der Waals surface area contributed by atoms with Gasteiger partial charge in [0.2, 0.25) is 0 Å². The summed E-state index contributed by atoms with van der Waals surface area (Å²) in [6.07, 6.45) is -0.239. The maximum atomic E-state index is 11.0. The zero-order chi connectivity index (χ0) is 13.3. The summed E-state index contributed by atoms with van der Waals surface area (Å²) >= 11 is 0. The van der Waals surface area contributed by atoms with Gasteiger partial charge in [-0.2, -0.15) is 0 Å². The van der Waals surface area contributed by atoms with Gasteiger partial charge in [-0.15, -0.1) is 0 Å². The molecule has 5 nitrogen and oxygen atoms in total. The number of hydrogen-bond acceptors (Lipinski definition) is 5. The van der Waals surface area contributed by atoms with Gasteiger partial charge in [-0.3, -0.25) is 4.79 Å². The molecule has 0 aromatic heterocycles. The molecule has 17 heavy (non-hydrogen) atoms.